The van der Waals surface area contributed by atoms with Crippen LogP contribution < -0.4 is 0 Å². The van der Waals surface area contributed by atoms with Crippen LogP contribution in [0.15, 0.2) is 28.7 Å². The molecule has 1 aliphatic rings. The Morgan fingerprint density at radius 3 is 2.65 bits per heavy atom. The second-order valence-electron chi connectivity index (χ2n) is 3.89. The van der Waals surface area contributed by atoms with Crippen molar-refractivity contribution in [2.24, 2.45) is 0 Å². The molecule has 0 aliphatic carbocycles. The predicted octanol–water partition coefficient (Wildman–Crippen LogP) is 1.61. The van der Waals surface area contributed by atoms with Crippen LogP contribution in [0.2, 0.25) is 0 Å². The van der Waals surface area contributed by atoms with E-state index in [1.165, 1.54) is 4.31 Å². The van der Waals surface area contributed by atoms with Crippen LogP contribution in [0.5, 0.6) is 0 Å². The summed E-state index contributed by atoms with van der Waals surface area (Å²) in [6, 6.07) is 7.67. The molecule has 1 aromatic rings. The molecule has 1 heterocycles. The first-order chi connectivity index (χ1) is 8.08. The number of rotatable bonds is 2. The molecular weight excluding hydrogens is 306 g/mol. The summed E-state index contributed by atoms with van der Waals surface area (Å²) in [5, 5.41) is 0. The van der Waals surface area contributed by atoms with Crippen molar-refractivity contribution in [3.8, 4) is 0 Å². The fourth-order valence-corrected chi connectivity index (χ4v) is 3.22. The number of benzene rings is 1. The van der Waals surface area contributed by atoms with Crippen molar-refractivity contribution in [2.45, 2.75) is 6.54 Å². The van der Waals surface area contributed by atoms with Gasteiger partial charge in [0.2, 0.25) is 10.0 Å². The van der Waals surface area contributed by atoms with E-state index in [0.717, 1.165) is 10.0 Å². The molecule has 1 saturated heterocycles. The molecule has 0 bridgehead atoms. The first-order valence-corrected chi connectivity index (χ1v) is 7.78. The molecule has 17 heavy (non-hydrogen) atoms. The second kappa shape index (κ2) is 5.48. The van der Waals surface area contributed by atoms with E-state index in [1.807, 2.05) is 24.3 Å². The Labute approximate surface area is 110 Å². The van der Waals surface area contributed by atoms with E-state index in [4.69, 9.17) is 4.74 Å². The van der Waals surface area contributed by atoms with Crippen LogP contribution in [-0.2, 0) is 21.3 Å². The summed E-state index contributed by atoms with van der Waals surface area (Å²) >= 11 is 3.35. The smallest absolute Gasteiger partial charge is 0.216 e. The molecule has 0 N–H and O–H groups in total. The quantitative estimate of drug-likeness (QED) is 0.832. The molecule has 1 aliphatic heterocycles. The summed E-state index contributed by atoms with van der Waals surface area (Å²) < 4.78 is 31.5. The molecule has 94 valence electrons. The van der Waals surface area contributed by atoms with Crippen LogP contribution in [0.25, 0.3) is 0 Å². The third-order valence-corrected chi connectivity index (χ3v) is 4.95. The number of hydrogen-bond acceptors (Lipinski definition) is 3. The van der Waals surface area contributed by atoms with E-state index < -0.39 is 10.0 Å². The zero-order valence-corrected chi connectivity index (χ0v) is 11.7. The molecule has 6 heteroatoms. The van der Waals surface area contributed by atoms with Crippen molar-refractivity contribution in [3.63, 3.8) is 0 Å². The van der Waals surface area contributed by atoms with Crippen molar-refractivity contribution in [2.75, 3.05) is 25.5 Å². The molecule has 0 amide bonds. The maximum atomic E-state index is 11.9. The Bertz CT molecular complexity index is 472. The molecule has 0 unspecified atom stereocenters. The van der Waals surface area contributed by atoms with E-state index in [1.54, 1.807) is 0 Å². The lowest BCUT2D eigenvalue weighted by atomic mass is 10.2. The number of halogens is 1. The van der Waals surface area contributed by atoms with Crippen molar-refractivity contribution < 1.29 is 13.2 Å². The molecule has 0 saturated carbocycles. The topological polar surface area (TPSA) is 46.6 Å². The highest BCUT2D eigenvalue weighted by Crippen LogP contribution is 2.15. The lowest BCUT2D eigenvalue weighted by molar-refractivity contribution is 0.146. The highest BCUT2D eigenvalue weighted by Gasteiger charge is 2.24. The standard InChI is InChI=1S/C11H14BrNO3S/c12-11-3-1-10(2-4-11)9-13-5-6-16-7-8-17(13,14)15/h1-4H,5-9H2. The molecule has 1 fully saturated rings. The van der Waals surface area contributed by atoms with Crippen molar-refractivity contribution in [3.05, 3.63) is 34.3 Å². The maximum absolute atomic E-state index is 11.9. The van der Waals surface area contributed by atoms with Gasteiger partial charge in [-0.2, -0.15) is 4.31 Å². The molecule has 0 radical (unpaired) electrons. The summed E-state index contributed by atoms with van der Waals surface area (Å²) in [4.78, 5) is 0. The molecule has 2 rings (SSSR count). The lowest BCUT2D eigenvalue weighted by Crippen LogP contribution is -2.33. The van der Waals surface area contributed by atoms with Gasteiger partial charge in [0.15, 0.2) is 0 Å². The van der Waals surface area contributed by atoms with Crippen LogP contribution >= 0.6 is 15.9 Å². The van der Waals surface area contributed by atoms with E-state index in [9.17, 15) is 8.42 Å². The third kappa shape index (κ3) is 3.51. The third-order valence-electron chi connectivity index (χ3n) is 2.64. The highest BCUT2D eigenvalue weighted by atomic mass is 79.9. The molecular formula is C11H14BrNO3S. The zero-order chi connectivity index (χ0) is 12.3. The normalized spacial score (nSPS) is 21.0. The average Bonchev–Trinajstić information content (AvgIpc) is 2.44. The number of ether oxygens (including phenoxy) is 1. The van der Waals surface area contributed by atoms with E-state index in [2.05, 4.69) is 15.9 Å². The van der Waals surface area contributed by atoms with Gasteiger partial charge in [0.25, 0.3) is 0 Å². The van der Waals surface area contributed by atoms with Crippen LogP contribution in [0, 0.1) is 0 Å². The zero-order valence-electron chi connectivity index (χ0n) is 9.30. The minimum atomic E-state index is -3.17. The largest absolute Gasteiger partial charge is 0.379 e. The Kier molecular flexibility index (Phi) is 4.19. The van der Waals surface area contributed by atoms with Gasteiger partial charge in [-0.1, -0.05) is 28.1 Å². The van der Waals surface area contributed by atoms with E-state index >= 15 is 0 Å². The Hall–Kier alpha value is -0.430. The summed E-state index contributed by atoms with van der Waals surface area (Å²) in [5.74, 6) is 0.0729. The first kappa shape index (κ1) is 13.0. The summed E-state index contributed by atoms with van der Waals surface area (Å²) in [5.41, 5.74) is 0.985. The Morgan fingerprint density at radius 1 is 1.24 bits per heavy atom. The molecule has 4 nitrogen and oxygen atoms in total. The summed E-state index contributed by atoms with van der Waals surface area (Å²) in [6.07, 6.45) is 0. The highest BCUT2D eigenvalue weighted by molar-refractivity contribution is 9.10. The monoisotopic (exact) mass is 319 g/mol. The van der Waals surface area contributed by atoms with E-state index in [0.29, 0.717) is 26.3 Å². The fourth-order valence-electron chi connectivity index (χ4n) is 1.67. The minimum absolute atomic E-state index is 0.0729. The van der Waals surface area contributed by atoms with Crippen LogP contribution in [0.3, 0.4) is 0 Å². The Morgan fingerprint density at radius 2 is 1.94 bits per heavy atom. The predicted molar refractivity (Wildman–Crippen MR) is 69.2 cm³/mol. The Balaban J connectivity index is 2.13. The van der Waals surface area contributed by atoms with Gasteiger partial charge in [0, 0.05) is 17.6 Å². The SMILES string of the molecule is O=S1(=O)CCOCCN1Cc1ccc(Br)cc1. The second-order valence-corrected chi connectivity index (χ2v) is 6.89. The average molecular weight is 320 g/mol. The van der Waals surface area contributed by atoms with Gasteiger partial charge in [-0.3, -0.25) is 0 Å². The van der Waals surface area contributed by atoms with Gasteiger partial charge in [-0.25, -0.2) is 8.42 Å². The molecule has 0 atom stereocenters. The van der Waals surface area contributed by atoms with Crippen LogP contribution in [0.1, 0.15) is 5.56 Å². The maximum Gasteiger partial charge on any atom is 0.216 e. The van der Waals surface area contributed by atoms with Gasteiger partial charge in [-0.05, 0) is 17.7 Å². The molecule has 0 spiro atoms. The lowest BCUT2D eigenvalue weighted by Gasteiger charge is -2.18. The summed E-state index contributed by atoms with van der Waals surface area (Å²) in [6.45, 7) is 1.60. The van der Waals surface area contributed by atoms with Crippen LogP contribution in [-0.4, -0.2) is 38.2 Å². The minimum Gasteiger partial charge on any atom is -0.379 e. The van der Waals surface area contributed by atoms with Gasteiger partial charge in [0.1, 0.15) is 0 Å². The van der Waals surface area contributed by atoms with Gasteiger partial charge >= 0.3 is 0 Å². The van der Waals surface area contributed by atoms with Gasteiger partial charge in [-0.15, -0.1) is 0 Å². The number of nitrogens with zero attached hydrogens (tertiary/aromatic N) is 1. The number of hydrogen-bond donors (Lipinski definition) is 0. The molecule has 0 aromatic heterocycles. The molecule has 1 aromatic carbocycles. The van der Waals surface area contributed by atoms with Crippen molar-refractivity contribution in [1.29, 1.82) is 0 Å². The summed E-state index contributed by atoms with van der Waals surface area (Å²) in [7, 11) is -3.17. The van der Waals surface area contributed by atoms with Gasteiger partial charge in [0.05, 0.1) is 19.0 Å². The number of sulfonamides is 1. The van der Waals surface area contributed by atoms with Gasteiger partial charge < -0.3 is 4.74 Å². The van der Waals surface area contributed by atoms with E-state index in [-0.39, 0.29) is 5.75 Å². The first-order valence-electron chi connectivity index (χ1n) is 5.38. The van der Waals surface area contributed by atoms with Crippen molar-refractivity contribution >= 4 is 26.0 Å². The fraction of sp³-hybridized carbons (Fsp3) is 0.455. The van der Waals surface area contributed by atoms with Crippen molar-refractivity contribution in [1.82, 2.24) is 4.31 Å². The van der Waals surface area contributed by atoms with Crippen LogP contribution in [0.4, 0.5) is 0 Å².